The first-order valence-electron chi connectivity index (χ1n) is 7.42. The predicted octanol–water partition coefficient (Wildman–Crippen LogP) is 4.89. The van der Waals surface area contributed by atoms with Gasteiger partial charge in [0.2, 0.25) is 10.6 Å². The number of benzene rings is 1. The summed E-state index contributed by atoms with van der Waals surface area (Å²) >= 11 is 11.0. The molecule has 2 aromatic heterocycles. The van der Waals surface area contributed by atoms with Crippen molar-refractivity contribution in [2.24, 2.45) is 5.10 Å². The maximum absolute atomic E-state index is 12.8. The molecule has 0 amide bonds. The minimum Gasteiger partial charge on any atom is -0.484 e. The second-order valence-corrected chi connectivity index (χ2v) is 6.02. The van der Waals surface area contributed by atoms with E-state index >= 15 is 0 Å². The summed E-state index contributed by atoms with van der Waals surface area (Å²) in [6.45, 7) is 2.04. The van der Waals surface area contributed by atoms with Crippen LogP contribution in [0.4, 0.5) is 8.78 Å². The number of halogens is 3. The third-order valence-corrected chi connectivity index (χ3v) is 3.94. The van der Waals surface area contributed by atoms with E-state index < -0.39 is 12.2 Å². The Kier molecular flexibility index (Phi) is 5.48. The van der Waals surface area contributed by atoms with Crippen LogP contribution in [0.5, 0.6) is 5.75 Å². The van der Waals surface area contributed by atoms with Crippen LogP contribution in [0.1, 0.15) is 29.3 Å². The molecular formula is C16H13ClF2N4O2S. The SMILES string of the molecule is Cc1cccc(Cl)c1OCc1ccc(C=Nn2c(C(F)F)n[nH]c2=S)o1. The molecule has 136 valence electrons. The number of hydrogen-bond acceptors (Lipinski definition) is 5. The number of furan rings is 1. The summed E-state index contributed by atoms with van der Waals surface area (Å²) in [5.41, 5.74) is 0.903. The molecule has 2 heterocycles. The number of para-hydroxylation sites is 1. The van der Waals surface area contributed by atoms with Crippen molar-refractivity contribution in [3.8, 4) is 5.75 Å². The van der Waals surface area contributed by atoms with Crippen LogP contribution < -0.4 is 4.74 Å². The van der Waals surface area contributed by atoms with Gasteiger partial charge in [0.05, 0.1) is 11.2 Å². The van der Waals surface area contributed by atoms with Gasteiger partial charge in [0.25, 0.3) is 6.43 Å². The Labute approximate surface area is 157 Å². The van der Waals surface area contributed by atoms with E-state index in [1.54, 1.807) is 18.2 Å². The van der Waals surface area contributed by atoms with Crippen molar-refractivity contribution in [1.29, 1.82) is 0 Å². The van der Waals surface area contributed by atoms with Gasteiger partial charge in [0, 0.05) is 0 Å². The van der Waals surface area contributed by atoms with E-state index in [1.165, 1.54) is 6.21 Å². The van der Waals surface area contributed by atoms with Crippen molar-refractivity contribution in [1.82, 2.24) is 14.9 Å². The molecule has 3 rings (SSSR count). The number of hydrogen-bond donors (Lipinski definition) is 1. The highest BCUT2D eigenvalue weighted by molar-refractivity contribution is 7.71. The van der Waals surface area contributed by atoms with Crippen LogP contribution in [0, 0.1) is 11.7 Å². The van der Waals surface area contributed by atoms with Crippen molar-refractivity contribution in [2.75, 3.05) is 0 Å². The molecule has 0 aliphatic carbocycles. The minimum atomic E-state index is -2.81. The highest BCUT2D eigenvalue weighted by Gasteiger charge is 2.16. The molecule has 0 aliphatic rings. The zero-order valence-electron chi connectivity index (χ0n) is 13.4. The lowest BCUT2D eigenvalue weighted by Gasteiger charge is -2.09. The topological polar surface area (TPSA) is 68.3 Å². The monoisotopic (exact) mass is 398 g/mol. The van der Waals surface area contributed by atoms with Gasteiger partial charge in [-0.25, -0.2) is 13.9 Å². The summed E-state index contributed by atoms with van der Waals surface area (Å²) in [5, 5.41) is 10.1. The molecule has 0 spiro atoms. The Hall–Kier alpha value is -2.52. The fourth-order valence-corrected chi connectivity index (χ4v) is 2.62. The summed E-state index contributed by atoms with van der Waals surface area (Å²) in [5.74, 6) is 0.876. The second kappa shape index (κ2) is 7.79. The van der Waals surface area contributed by atoms with E-state index in [4.69, 9.17) is 33.0 Å². The highest BCUT2D eigenvalue weighted by Crippen LogP contribution is 2.28. The lowest BCUT2D eigenvalue weighted by atomic mass is 10.2. The molecule has 0 atom stereocenters. The Morgan fingerprint density at radius 2 is 2.23 bits per heavy atom. The van der Waals surface area contributed by atoms with Crippen molar-refractivity contribution in [3.05, 3.63) is 63.0 Å². The van der Waals surface area contributed by atoms with Crippen LogP contribution in [-0.2, 0) is 6.61 Å². The molecule has 10 heteroatoms. The number of rotatable bonds is 6. The van der Waals surface area contributed by atoms with Gasteiger partial charge >= 0.3 is 0 Å². The Balaban J connectivity index is 1.71. The van der Waals surface area contributed by atoms with Gasteiger partial charge in [-0.15, -0.1) is 0 Å². The third kappa shape index (κ3) is 4.00. The molecule has 0 aliphatic heterocycles. The number of alkyl halides is 2. The van der Waals surface area contributed by atoms with Gasteiger partial charge in [0.1, 0.15) is 23.9 Å². The zero-order valence-corrected chi connectivity index (χ0v) is 15.0. The fraction of sp³-hybridized carbons (Fsp3) is 0.188. The fourth-order valence-electron chi connectivity index (χ4n) is 2.16. The smallest absolute Gasteiger partial charge is 0.299 e. The zero-order chi connectivity index (χ0) is 18.7. The summed E-state index contributed by atoms with van der Waals surface area (Å²) < 4.78 is 37.7. The number of aryl methyl sites for hydroxylation is 1. The first-order chi connectivity index (χ1) is 12.5. The molecule has 1 aromatic carbocycles. The third-order valence-electron chi connectivity index (χ3n) is 3.38. The van der Waals surface area contributed by atoms with Crippen molar-refractivity contribution < 1.29 is 17.9 Å². The number of aromatic amines is 1. The van der Waals surface area contributed by atoms with Gasteiger partial charge in [-0.3, -0.25) is 0 Å². The number of nitrogens with one attached hydrogen (secondary N) is 1. The first-order valence-corrected chi connectivity index (χ1v) is 8.21. The average molecular weight is 399 g/mol. The Morgan fingerprint density at radius 3 is 2.96 bits per heavy atom. The van der Waals surface area contributed by atoms with E-state index in [0.29, 0.717) is 22.3 Å². The van der Waals surface area contributed by atoms with E-state index in [2.05, 4.69) is 15.3 Å². The Bertz CT molecular complexity index is 976. The number of H-pyrrole nitrogens is 1. The molecule has 0 fully saturated rings. The van der Waals surface area contributed by atoms with E-state index in [0.717, 1.165) is 10.2 Å². The van der Waals surface area contributed by atoms with Gasteiger partial charge in [-0.1, -0.05) is 23.7 Å². The van der Waals surface area contributed by atoms with Crippen LogP contribution in [0.25, 0.3) is 0 Å². The lowest BCUT2D eigenvalue weighted by Crippen LogP contribution is -1.99. The first kappa shape index (κ1) is 18.3. The van der Waals surface area contributed by atoms with Crippen LogP contribution in [0.3, 0.4) is 0 Å². The number of nitrogens with zero attached hydrogens (tertiary/aromatic N) is 3. The van der Waals surface area contributed by atoms with Crippen LogP contribution in [-0.4, -0.2) is 21.1 Å². The highest BCUT2D eigenvalue weighted by atomic mass is 35.5. The molecular weight excluding hydrogens is 386 g/mol. The average Bonchev–Trinajstić information content (AvgIpc) is 3.19. The van der Waals surface area contributed by atoms with Gasteiger partial charge in [-0.2, -0.15) is 14.9 Å². The number of aromatic nitrogens is 3. The van der Waals surface area contributed by atoms with Gasteiger partial charge in [-0.05, 0) is 42.9 Å². The molecule has 1 N–H and O–H groups in total. The quantitative estimate of drug-likeness (QED) is 0.474. The van der Waals surface area contributed by atoms with Crippen LogP contribution in [0.2, 0.25) is 5.02 Å². The molecule has 0 unspecified atom stereocenters. The standard InChI is InChI=1S/C16H13ClF2N4O2S/c1-9-3-2-4-12(17)13(9)24-8-11-6-5-10(25-11)7-20-23-15(14(18)19)21-22-16(23)26/h2-7,14H,8H2,1H3,(H,22,26). The Morgan fingerprint density at radius 1 is 1.42 bits per heavy atom. The normalized spacial score (nSPS) is 11.6. The van der Waals surface area contributed by atoms with Gasteiger partial charge < -0.3 is 9.15 Å². The van der Waals surface area contributed by atoms with E-state index in [1.807, 2.05) is 19.1 Å². The van der Waals surface area contributed by atoms with Crippen molar-refractivity contribution in [2.45, 2.75) is 20.0 Å². The summed E-state index contributed by atoms with van der Waals surface area (Å²) in [6.07, 6.45) is -1.54. The minimum absolute atomic E-state index is 0.0409. The molecule has 26 heavy (non-hydrogen) atoms. The summed E-state index contributed by atoms with van der Waals surface area (Å²) in [6, 6.07) is 8.78. The van der Waals surface area contributed by atoms with Gasteiger partial charge in [0.15, 0.2) is 0 Å². The van der Waals surface area contributed by atoms with E-state index in [-0.39, 0.29) is 11.4 Å². The number of ether oxygens (including phenoxy) is 1. The largest absolute Gasteiger partial charge is 0.484 e. The van der Waals surface area contributed by atoms with Crippen molar-refractivity contribution >= 4 is 30.0 Å². The molecule has 0 bridgehead atoms. The molecule has 0 saturated carbocycles. The second-order valence-electron chi connectivity index (χ2n) is 5.22. The van der Waals surface area contributed by atoms with E-state index in [9.17, 15) is 8.78 Å². The summed E-state index contributed by atoms with van der Waals surface area (Å²) in [7, 11) is 0. The molecule has 6 nitrogen and oxygen atoms in total. The molecule has 0 radical (unpaired) electrons. The van der Waals surface area contributed by atoms with Crippen molar-refractivity contribution in [3.63, 3.8) is 0 Å². The maximum Gasteiger partial charge on any atom is 0.299 e. The molecule has 0 saturated heterocycles. The van der Waals surface area contributed by atoms with Crippen LogP contribution in [0.15, 0.2) is 39.9 Å². The van der Waals surface area contributed by atoms with Crippen LogP contribution >= 0.6 is 23.8 Å². The molecule has 3 aromatic rings. The summed E-state index contributed by atoms with van der Waals surface area (Å²) in [4.78, 5) is 0. The predicted molar refractivity (Wildman–Crippen MR) is 94.6 cm³/mol. The maximum atomic E-state index is 12.8. The lowest BCUT2D eigenvalue weighted by molar-refractivity contribution is 0.136.